The Bertz CT molecular complexity index is 588. The molecule has 1 heterocycles. The van der Waals surface area contributed by atoms with Crippen molar-refractivity contribution in [2.45, 2.75) is 20.3 Å². The highest BCUT2D eigenvalue weighted by molar-refractivity contribution is 5.65. The van der Waals surface area contributed by atoms with Crippen LogP contribution in [0.1, 0.15) is 16.8 Å². The molecule has 1 aromatic heterocycles. The number of benzene rings is 1. The summed E-state index contributed by atoms with van der Waals surface area (Å²) in [6, 6.07) is 8.46. The van der Waals surface area contributed by atoms with Crippen LogP contribution in [0.15, 0.2) is 24.3 Å². The first-order valence-corrected chi connectivity index (χ1v) is 6.85. The Labute approximate surface area is 120 Å². The molecule has 0 saturated heterocycles. The number of aryl methyl sites for hydroxylation is 1. The van der Waals surface area contributed by atoms with Crippen LogP contribution < -0.4 is 10.6 Å². The lowest BCUT2D eigenvalue weighted by Gasteiger charge is -2.15. The number of hydrogen-bond acceptors (Lipinski definition) is 4. The van der Waals surface area contributed by atoms with Gasteiger partial charge in [-0.15, -0.1) is 0 Å². The monoisotopic (exact) mass is 270 g/mol. The van der Waals surface area contributed by atoms with Crippen LogP contribution in [0.25, 0.3) is 11.3 Å². The fourth-order valence-corrected chi connectivity index (χ4v) is 2.09. The van der Waals surface area contributed by atoms with Gasteiger partial charge in [-0.05, 0) is 37.9 Å². The summed E-state index contributed by atoms with van der Waals surface area (Å²) < 4.78 is 0. The normalized spacial score (nSPS) is 10.7. The maximum atomic E-state index is 5.58. The summed E-state index contributed by atoms with van der Waals surface area (Å²) in [5.74, 6) is 0.745. The lowest BCUT2D eigenvalue weighted by atomic mass is 10.0. The van der Waals surface area contributed by atoms with Gasteiger partial charge in [0.1, 0.15) is 0 Å². The molecule has 0 unspecified atom stereocenters. The van der Waals surface area contributed by atoms with Crippen molar-refractivity contribution in [2.24, 2.45) is 5.73 Å². The third-order valence-corrected chi connectivity index (χ3v) is 3.44. The molecule has 0 fully saturated rings. The SMILES string of the molecule is Cc1nc(N(C)C)nc(-c2ccc(CCN)cc2)c1C. The number of nitrogens with zero attached hydrogens (tertiary/aromatic N) is 3. The second-order valence-corrected chi connectivity index (χ2v) is 5.21. The zero-order valence-corrected chi connectivity index (χ0v) is 12.6. The van der Waals surface area contributed by atoms with Gasteiger partial charge in [-0.25, -0.2) is 9.97 Å². The van der Waals surface area contributed by atoms with Gasteiger partial charge in [0.05, 0.1) is 5.69 Å². The highest BCUT2D eigenvalue weighted by Gasteiger charge is 2.11. The van der Waals surface area contributed by atoms with Crippen molar-refractivity contribution >= 4 is 5.95 Å². The zero-order chi connectivity index (χ0) is 14.7. The van der Waals surface area contributed by atoms with E-state index in [2.05, 4.69) is 41.2 Å². The lowest BCUT2D eigenvalue weighted by molar-refractivity contribution is 0.963. The number of hydrogen-bond donors (Lipinski definition) is 1. The number of nitrogens with two attached hydrogens (primary N) is 1. The number of aromatic nitrogens is 2. The molecule has 0 aliphatic rings. The van der Waals surface area contributed by atoms with E-state index >= 15 is 0 Å². The molecule has 4 heteroatoms. The minimum Gasteiger partial charge on any atom is -0.347 e. The zero-order valence-electron chi connectivity index (χ0n) is 12.6. The molecule has 0 saturated carbocycles. The van der Waals surface area contributed by atoms with E-state index in [1.807, 2.05) is 25.9 Å². The highest BCUT2D eigenvalue weighted by atomic mass is 15.2. The van der Waals surface area contributed by atoms with Gasteiger partial charge in [-0.2, -0.15) is 0 Å². The van der Waals surface area contributed by atoms with Crippen LogP contribution in [0, 0.1) is 13.8 Å². The largest absolute Gasteiger partial charge is 0.347 e. The quantitative estimate of drug-likeness (QED) is 0.926. The standard InChI is InChI=1S/C16H22N4/c1-11-12(2)18-16(20(3)4)19-15(11)14-7-5-13(6-8-14)9-10-17/h5-8H,9-10,17H2,1-4H3. The van der Waals surface area contributed by atoms with E-state index in [1.54, 1.807) is 0 Å². The van der Waals surface area contributed by atoms with Crippen molar-refractivity contribution in [1.82, 2.24) is 9.97 Å². The lowest BCUT2D eigenvalue weighted by Crippen LogP contribution is -2.14. The molecule has 0 spiro atoms. The molecule has 0 aliphatic carbocycles. The fraction of sp³-hybridized carbons (Fsp3) is 0.375. The summed E-state index contributed by atoms with van der Waals surface area (Å²) in [7, 11) is 3.91. The molecule has 4 nitrogen and oxygen atoms in total. The van der Waals surface area contributed by atoms with Gasteiger partial charge in [0.2, 0.25) is 5.95 Å². The van der Waals surface area contributed by atoms with Gasteiger partial charge in [0.25, 0.3) is 0 Å². The first-order chi connectivity index (χ1) is 9.52. The summed E-state index contributed by atoms with van der Waals surface area (Å²) in [6.07, 6.45) is 0.908. The van der Waals surface area contributed by atoms with Crippen LogP contribution in [-0.4, -0.2) is 30.6 Å². The van der Waals surface area contributed by atoms with E-state index in [9.17, 15) is 0 Å². The first-order valence-electron chi connectivity index (χ1n) is 6.85. The molecule has 0 radical (unpaired) electrons. The van der Waals surface area contributed by atoms with E-state index in [1.165, 1.54) is 5.56 Å². The van der Waals surface area contributed by atoms with Crippen molar-refractivity contribution < 1.29 is 0 Å². The average molecular weight is 270 g/mol. The second-order valence-electron chi connectivity index (χ2n) is 5.21. The Hall–Kier alpha value is -1.94. The van der Waals surface area contributed by atoms with Crippen LogP contribution >= 0.6 is 0 Å². The topological polar surface area (TPSA) is 55.0 Å². The van der Waals surface area contributed by atoms with Gasteiger partial charge >= 0.3 is 0 Å². The molecule has 2 N–H and O–H groups in total. The number of anilines is 1. The molecule has 0 bridgehead atoms. The van der Waals surface area contributed by atoms with Crippen molar-refractivity contribution in [1.29, 1.82) is 0 Å². The van der Waals surface area contributed by atoms with Crippen LogP contribution in [0.4, 0.5) is 5.95 Å². The van der Waals surface area contributed by atoms with Crippen molar-refractivity contribution in [2.75, 3.05) is 25.5 Å². The molecule has 1 aromatic carbocycles. The minimum atomic E-state index is 0.676. The summed E-state index contributed by atoms with van der Waals surface area (Å²) in [4.78, 5) is 11.1. The molecule has 0 atom stereocenters. The Morgan fingerprint density at radius 1 is 1.05 bits per heavy atom. The van der Waals surface area contributed by atoms with Crippen LogP contribution in [-0.2, 0) is 6.42 Å². The fourth-order valence-electron chi connectivity index (χ4n) is 2.09. The molecule has 2 rings (SSSR count). The Morgan fingerprint density at radius 2 is 1.70 bits per heavy atom. The van der Waals surface area contributed by atoms with Crippen LogP contribution in [0.5, 0.6) is 0 Å². The third kappa shape index (κ3) is 2.96. The maximum absolute atomic E-state index is 5.58. The van der Waals surface area contributed by atoms with Crippen molar-refractivity contribution in [3.63, 3.8) is 0 Å². The van der Waals surface area contributed by atoms with E-state index in [-0.39, 0.29) is 0 Å². The molecule has 2 aromatic rings. The van der Waals surface area contributed by atoms with Crippen LogP contribution in [0.2, 0.25) is 0 Å². The predicted molar refractivity (Wildman–Crippen MR) is 84.0 cm³/mol. The molecule has 106 valence electrons. The van der Waals surface area contributed by atoms with E-state index in [4.69, 9.17) is 5.73 Å². The smallest absolute Gasteiger partial charge is 0.225 e. The maximum Gasteiger partial charge on any atom is 0.225 e. The van der Waals surface area contributed by atoms with Gasteiger partial charge in [0, 0.05) is 25.4 Å². The third-order valence-electron chi connectivity index (χ3n) is 3.44. The second kappa shape index (κ2) is 6.01. The minimum absolute atomic E-state index is 0.676. The van der Waals surface area contributed by atoms with Crippen molar-refractivity contribution in [3.8, 4) is 11.3 Å². The van der Waals surface area contributed by atoms with Gasteiger partial charge in [-0.1, -0.05) is 24.3 Å². The Balaban J connectivity index is 2.45. The summed E-state index contributed by atoms with van der Waals surface area (Å²) in [5, 5.41) is 0. The molecular formula is C16H22N4. The predicted octanol–water partition coefficient (Wildman–Crippen LogP) is 2.33. The average Bonchev–Trinajstić information content (AvgIpc) is 2.43. The number of rotatable bonds is 4. The Morgan fingerprint density at radius 3 is 2.25 bits per heavy atom. The highest BCUT2D eigenvalue weighted by Crippen LogP contribution is 2.25. The van der Waals surface area contributed by atoms with E-state index < -0.39 is 0 Å². The molecular weight excluding hydrogens is 248 g/mol. The summed E-state index contributed by atoms with van der Waals surface area (Å²) in [6.45, 7) is 4.77. The van der Waals surface area contributed by atoms with Gasteiger partial charge in [0.15, 0.2) is 0 Å². The first kappa shape index (κ1) is 14.5. The summed E-state index contributed by atoms with van der Waals surface area (Å²) >= 11 is 0. The van der Waals surface area contributed by atoms with E-state index in [0.29, 0.717) is 6.54 Å². The summed E-state index contributed by atoms with van der Waals surface area (Å²) in [5.41, 5.74) is 11.1. The van der Waals surface area contributed by atoms with E-state index in [0.717, 1.165) is 34.9 Å². The van der Waals surface area contributed by atoms with Gasteiger partial charge < -0.3 is 10.6 Å². The van der Waals surface area contributed by atoms with Crippen LogP contribution in [0.3, 0.4) is 0 Å². The Kier molecular flexibility index (Phi) is 4.35. The van der Waals surface area contributed by atoms with Gasteiger partial charge in [-0.3, -0.25) is 0 Å². The molecule has 0 amide bonds. The molecule has 20 heavy (non-hydrogen) atoms. The van der Waals surface area contributed by atoms with Crippen molar-refractivity contribution in [3.05, 3.63) is 41.1 Å². The molecule has 0 aliphatic heterocycles.